The lowest BCUT2D eigenvalue weighted by Gasteiger charge is -2.09. The van der Waals surface area contributed by atoms with Crippen LogP contribution in [0, 0.1) is 6.92 Å². The first kappa shape index (κ1) is 11.9. The van der Waals surface area contributed by atoms with Crippen LogP contribution in [0.2, 0.25) is 0 Å². The molecule has 96 valence electrons. The van der Waals surface area contributed by atoms with Gasteiger partial charge in [0.1, 0.15) is 5.76 Å². The molecule has 2 aromatic heterocycles. The molecule has 0 spiro atoms. The maximum Gasteiger partial charge on any atom is 0.101 e. The van der Waals surface area contributed by atoms with Crippen LogP contribution in [0.15, 0.2) is 53.1 Å². The Balaban J connectivity index is 1.84. The highest BCUT2D eigenvalue weighted by atomic mass is 16.3. The molecule has 0 saturated carbocycles. The molecule has 0 aliphatic rings. The fourth-order valence-corrected chi connectivity index (χ4v) is 2.22. The summed E-state index contributed by atoms with van der Waals surface area (Å²) in [6.07, 6.45) is 2.44. The first-order valence-electron chi connectivity index (χ1n) is 6.37. The normalized spacial score (nSPS) is 12.7. The van der Waals surface area contributed by atoms with Crippen molar-refractivity contribution >= 4 is 10.9 Å². The monoisotopic (exact) mass is 252 g/mol. The smallest absolute Gasteiger partial charge is 0.101 e. The number of fused-ring (bicyclic) bond motifs is 1. The SMILES string of the molecule is Cc1cc(C(N)Cc2ccc3ccccc3n2)co1. The molecular weight excluding hydrogens is 236 g/mol. The first-order valence-corrected chi connectivity index (χ1v) is 6.37. The molecule has 3 aromatic rings. The minimum absolute atomic E-state index is 0.0777. The summed E-state index contributed by atoms with van der Waals surface area (Å²) < 4.78 is 5.29. The summed E-state index contributed by atoms with van der Waals surface area (Å²) >= 11 is 0. The molecular formula is C16H16N2O. The van der Waals surface area contributed by atoms with Gasteiger partial charge in [-0.1, -0.05) is 24.3 Å². The molecule has 3 nitrogen and oxygen atoms in total. The standard InChI is InChI=1S/C16H16N2O/c1-11-8-13(10-19-11)15(17)9-14-7-6-12-4-2-3-5-16(12)18-14/h2-8,10,15H,9,17H2,1H3. The Kier molecular flexibility index (Phi) is 3.05. The van der Waals surface area contributed by atoms with Crippen molar-refractivity contribution in [2.75, 3.05) is 0 Å². The Hall–Kier alpha value is -2.13. The summed E-state index contributed by atoms with van der Waals surface area (Å²) in [5, 5.41) is 1.15. The van der Waals surface area contributed by atoms with Gasteiger partial charge in [-0.25, -0.2) is 0 Å². The predicted molar refractivity (Wildman–Crippen MR) is 75.8 cm³/mol. The third-order valence-corrected chi connectivity index (χ3v) is 3.26. The molecule has 3 rings (SSSR count). The van der Waals surface area contributed by atoms with Crippen LogP contribution in [0.1, 0.15) is 23.1 Å². The lowest BCUT2D eigenvalue weighted by Crippen LogP contribution is -2.13. The number of hydrogen-bond acceptors (Lipinski definition) is 3. The average Bonchev–Trinajstić information content (AvgIpc) is 2.85. The van der Waals surface area contributed by atoms with E-state index in [9.17, 15) is 0 Å². The van der Waals surface area contributed by atoms with E-state index >= 15 is 0 Å². The third kappa shape index (κ3) is 2.51. The van der Waals surface area contributed by atoms with Gasteiger partial charge in [-0.3, -0.25) is 4.98 Å². The number of benzene rings is 1. The van der Waals surface area contributed by atoms with Crippen LogP contribution >= 0.6 is 0 Å². The van der Waals surface area contributed by atoms with Crippen molar-refractivity contribution in [1.82, 2.24) is 4.98 Å². The van der Waals surface area contributed by atoms with Gasteiger partial charge >= 0.3 is 0 Å². The number of rotatable bonds is 3. The van der Waals surface area contributed by atoms with E-state index in [4.69, 9.17) is 10.2 Å². The highest BCUT2D eigenvalue weighted by Crippen LogP contribution is 2.19. The number of pyridine rings is 1. The zero-order valence-electron chi connectivity index (χ0n) is 10.8. The molecule has 1 unspecified atom stereocenters. The molecule has 0 aliphatic heterocycles. The van der Waals surface area contributed by atoms with E-state index < -0.39 is 0 Å². The second kappa shape index (κ2) is 4.86. The fourth-order valence-electron chi connectivity index (χ4n) is 2.22. The molecule has 0 fully saturated rings. The van der Waals surface area contributed by atoms with Gasteiger partial charge in [0.05, 0.1) is 11.8 Å². The highest BCUT2D eigenvalue weighted by Gasteiger charge is 2.10. The van der Waals surface area contributed by atoms with Crippen molar-refractivity contribution < 1.29 is 4.42 Å². The second-order valence-electron chi connectivity index (χ2n) is 4.80. The molecule has 3 heteroatoms. The molecule has 0 amide bonds. The fraction of sp³-hybridized carbons (Fsp3) is 0.188. The summed E-state index contributed by atoms with van der Waals surface area (Å²) in [6, 6.07) is 14.1. The molecule has 0 aliphatic carbocycles. The van der Waals surface area contributed by atoms with Gasteiger partial charge in [-0.2, -0.15) is 0 Å². The number of aryl methyl sites for hydroxylation is 1. The zero-order chi connectivity index (χ0) is 13.2. The van der Waals surface area contributed by atoms with Crippen LogP contribution in [0.5, 0.6) is 0 Å². The van der Waals surface area contributed by atoms with E-state index in [1.165, 1.54) is 0 Å². The Bertz CT molecular complexity index is 703. The van der Waals surface area contributed by atoms with Crippen LogP contribution < -0.4 is 5.73 Å². The zero-order valence-corrected chi connectivity index (χ0v) is 10.8. The highest BCUT2D eigenvalue weighted by molar-refractivity contribution is 5.78. The van der Waals surface area contributed by atoms with E-state index in [2.05, 4.69) is 17.1 Å². The maximum atomic E-state index is 6.18. The lowest BCUT2D eigenvalue weighted by atomic mass is 10.0. The van der Waals surface area contributed by atoms with Gasteiger partial charge in [-0.05, 0) is 25.1 Å². The summed E-state index contributed by atoms with van der Waals surface area (Å²) in [5.41, 5.74) is 9.22. The minimum atomic E-state index is -0.0777. The Morgan fingerprint density at radius 3 is 2.84 bits per heavy atom. The Morgan fingerprint density at radius 2 is 2.05 bits per heavy atom. The second-order valence-corrected chi connectivity index (χ2v) is 4.80. The van der Waals surface area contributed by atoms with Crippen LogP contribution in [-0.2, 0) is 6.42 Å². The molecule has 0 bridgehead atoms. The lowest BCUT2D eigenvalue weighted by molar-refractivity contribution is 0.528. The maximum absolute atomic E-state index is 6.18. The Morgan fingerprint density at radius 1 is 1.21 bits per heavy atom. The minimum Gasteiger partial charge on any atom is -0.469 e. The average molecular weight is 252 g/mol. The van der Waals surface area contributed by atoms with Crippen LogP contribution in [0.3, 0.4) is 0 Å². The van der Waals surface area contributed by atoms with Gasteiger partial charge in [0.15, 0.2) is 0 Å². The van der Waals surface area contributed by atoms with Gasteiger partial charge < -0.3 is 10.2 Å². The number of nitrogens with zero attached hydrogens (tertiary/aromatic N) is 1. The van der Waals surface area contributed by atoms with Crippen LogP contribution in [0.25, 0.3) is 10.9 Å². The predicted octanol–water partition coefficient (Wildman–Crippen LogP) is 3.38. The summed E-state index contributed by atoms with van der Waals surface area (Å²) in [7, 11) is 0. The van der Waals surface area contributed by atoms with E-state index in [0.717, 1.165) is 27.9 Å². The largest absolute Gasteiger partial charge is 0.469 e. The van der Waals surface area contributed by atoms with E-state index in [0.29, 0.717) is 6.42 Å². The topological polar surface area (TPSA) is 52.0 Å². The molecule has 2 heterocycles. The molecule has 1 aromatic carbocycles. The quantitative estimate of drug-likeness (QED) is 0.777. The Labute approximate surface area is 112 Å². The number of furan rings is 1. The van der Waals surface area contributed by atoms with E-state index in [1.54, 1.807) is 6.26 Å². The van der Waals surface area contributed by atoms with Crippen molar-refractivity contribution in [1.29, 1.82) is 0 Å². The molecule has 0 saturated heterocycles. The molecule has 19 heavy (non-hydrogen) atoms. The van der Waals surface area contributed by atoms with Gasteiger partial charge in [0.25, 0.3) is 0 Å². The van der Waals surface area contributed by atoms with Gasteiger partial charge in [0.2, 0.25) is 0 Å². The number of nitrogens with two attached hydrogens (primary N) is 1. The van der Waals surface area contributed by atoms with Crippen LogP contribution in [-0.4, -0.2) is 4.98 Å². The van der Waals surface area contributed by atoms with Gasteiger partial charge in [0, 0.05) is 29.1 Å². The van der Waals surface area contributed by atoms with Crippen molar-refractivity contribution in [3.63, 3.8) is 0 Å². The van der Waals surface area contributed by atoms with Crippen molar-refractivity contribution in [2.24, 2.45) is 5.73 Å². The van der Waals surface area contributed by atoms with Crippen molar-refractivity contribution in [3.8, 4) is 0 Å². The number of hydrogen-bond donors (Lipinski definition) is 1. The van der Waals surface area contributed by atoms with E-state index in [-0.39, 0.29) is 6.04 Å². The van der Waals surface area contributed by atoms with Crippen molar-refractivity contribution in [2.45, 2.75) is 19.4 Å². The third-order valence-electron chi connectivity index (χ3n) is 3.26. The molecule has 1 atom stereocenters. The number of para-hydroxylation sites is 1. The van der Waals surface area contributed by atoms with Gasteiger partial charge in [-0.15, -0.1) is 0 Å². The van der Waals surface area contributed by atoms with E-state index in [1.807, 2.05) is 37.3 Å². The summed E-state index contributed by atoms with van der Waals surface area (Å²) in [4.78, 5) is 4.64. The first-order chi connectivity index (χ1) is 9.22. The van der Waals surface area contributed by atoms with Crippen molar-refractivity contribution in [3.05, 3.63) is 65.7 Å². The summed E-state index contributed by atoms with van der Waals surface area (Å²) in [6.45, 7) is 1.92. The summed E-state index contributed by atoms with van der Waals surface area (Å²) in [5.74, 6) is 0.886. The number of aromatic nitrogens is 1. The molecule has 2 N–H and O–H groups in total. The van der Waals surface area contributed by atoms with Crippen LogP contribution in [0.4, 0.5) is 0 Å². The molecule has 0 radical (unpaired) electrons.